The summed E-state index contributed by atoms with van der Waals surface area (Å²) in [6.07, 6.45) is 2.27. The monoisotopic (exact) mass is 327 g/mol. The number of fused-ring (bicyclic) bond motifs is 2. The van der Waals surface area contributed by atoms with Gasteiger partial charge < -0.3 is 10.1 Å². The Balaban J connectivity index is 1.71. The molecule has 2 aromatic rings. The van der Waals surface area contributed by atoms with Gasteiger partial charge in [0.25, 0.3) is 5.56 Å². The third-order valence-electron chi connectivity index (χ3n) is 5.13. The third-order valence-corrected chi connectivity index (χ3v) is 5.13. The molecule has 1 fully saturated rings. The van der Waals surface area contributed by atoms with E-state index in [1.165, 1.54) is 5.56 Å². The normalized spacial score (nSPS) is 18.7. The number of nitrogens with one attached hydrogen (secondary N) is 2. The van der Waals surface area contributed by atoms with E-state index in [1.54, 1.807) is 4.57 Å². The maximum atomic E-state index is 12.5. The zero-order valence-corrected chi connectivity index (χ0v) is 13.5. The van der Waals surface area contributed by atoms with Crippen molar-refractivity contribution in [2.45, 2.75) is 38.0 Å². The van der Waals surface area contributed by atoms with Gasteiger partial charge in [0.05, 0.1) is 17.9 Å². The maximum absolute atomic E-state index is 12.5. The number of aryl methyl sites for hydroxylation is 1. The number of hydrogen-bond acceptors (Lipinski definition) is 4. The van der Waals surface area contributed by atoms with Crippen LogP contribution in [0.15, 0.2) is 39.9 Å². The smallest absolute Gasteiger partial charge is 0.328 e. The largest absolute Gasteiger partial charge is 0.364 e. The zero-order chi connectivity index (χ0) is 16.6. The van der Waals surface area contributed by atoms with Crippen molar-refractivity contribution in [3.05, 3.63) is 68.0 Å². The third kappa shape index (κ3) is 2.52. The van der Waals surface area contributed by atoms with Crippen LogP contribution in [0.3, 0.4) is 0 Å². The summed E-state index contributed by atoms with van der Waals surface area (Å²) < 4.78 is 7.74. The number of ether oxygens (including phenoxy) is 1. The molecule has 1 aromatic heterocycles. The van der Waals surface area contributed by atoms with Crippen LogP contribution in [0, 0.1) is 0 Å². The fourth-order valence-corrected chi connectivity index (χ4v) is 3.86. The summed E-state index contributed by atoms with van der Waals surface area (Å²) in [5, 5.41) is 3.30. The summed E-state index contributed by atoms with van der Waals surface area (Å²) in [6, 6.07) is 10.0. The van der Waals surface area contributed by atoms with Crippen molar-refractivity contribution in [1.29, 1.82) is 0 Å². The van der Waals surface area contributed by atoms with Gasteiger partial charge in [-0.15, -0.1) is 0 Å². The number of nitrogens with zero attached hydrogens (tertiary/aromatic N) is 1. The lowest BCUT2D eigenvalue weighted by molar-refractivity contribution is -0.0602. The number of aromatic amines is 1. The van der Waals surface area contributed by atoms with Crippen LogP contribution in [-0.2, 0) is 29.9 Å². The fourth-order valence-electron chi connectivity index (χ4n) is 3.86. The van der Waals surface area contributed by atoms with Crippen LogP contribution >= 0.6 is 0 Å². The molecule has 6 nitrogen and oxygen atoms in total. The molecule has 126 valence electrons. The Morgan fingerprint density at radius 1 is 1.12 bits per heavy atom. The highest BCUT2D eigenvalue weighted by molar-refractivity contribution is 5.30. The maximum Gasteiger partial charge on any atom is 0.328 e. The number of aromatic nitrogens is 2. The van der Waals surface area contributed by atoms with Crippen LogP contribution in [0.4, 0.5) is 0 Å². The van der Waals surface area contributed by atoms with Crippen LogP contribution in [0.5, 0.6) is 0 Å². The minimum absolute atomic E-state index is 0.287. The molecule has 3 heterocycles. The van der Waals surface area contributed by atoms with E-state index < -0.39 is 5.60 Å². The Bertz CT molecular complexity index is 848. The topological polar surface area (TPSA) is 76.1 Å². The molecule has 0 saturated carbocycles. The van der Waals surface area contributed by atoms with Gasteiger partial charge in [-0.25, -0.2) is 4.79 Å². The van der Waals surface area contributed by atoms with Gasteiger partial charge in [0, 0.05) is 6.54 Å². The van der Waals surface area contributed by atoms with Gasteiger partial charge in [-0.3, -0.25) is 14.3 Å². The molecule has 4 rings (SSSR count). The SMILES string of the molecule is O=c1[nH]c(=O)n(CCc2ccccc2)c2c1C1(CCNCC1)OC2. The van der Waals surface area contributed by atoms with E-state index >= 15 is 0 Å². The van der Waals surface area contributed by atoms with Crippen LogP contribution in [0.1, 0.15) is 29.7 Å². The number of hydrogen-bond donors (Lipinski definition) is 2. The highest BCUT2D eigenvalue weighted by Crippen LogP contribution is 2.40. The molecule has 24 heavy (non-hydrogen) atoms. The van der Waals surface area contributed by atoms with E-state index in [9.17, 15) is 9.59 Å². The minimum atomic E-state index is -0.531. The van der Waals surface area contributed by atoms with E-state index in [4.69, 9.17) is 4.74 Å². The Morgan fingerprint density at radius 2 is 1.88 bits per heavy atom. The van der Waals surface area contributed by atoms with Crippen LogP contribution in [0.25, 0.3) is 0 Å². The molecule has 1 spiro atoms. The predicted octanol–water partition coefficient (Wildman–Crippen LogP) is 0.888. The molecule has 2 N–H and O–H groups in total. The lowest BCUT2D eigenvalue weighted by atomic mass is 9.86. The molecule has 0 unspecified atom stereocenters. The van der Waals surface area contributed by atoms with E-state index in [1.807, 2.05) is 30.3 Å². The lowest BCUT2D eigenvalue weighted by Crippen LogP contribution is -2.44. The van der Waals surface area contributed by atoms with Crippen molar-refractivity contribution in [1.82, 2.24) is 14.9 Å². The first kappa shape index (κ1) is 15.4. The molecule has 0 aliphatic carbocycles. The van der Waals surface area contributed by atoms with Crippen molar-refractivity contribution in [2.24, 2.45) is 0 Å². The standard InChI is InChI=1S/C18H21N3O3/c22-16-15-14(12-24-18(15)7-9-19-10-8-18)21(17(23)20-16)11-6-13-4-2-1-3-5-13/h1-5,19H,6-12H2,(H,20,22,23). The Labute approximate surface area is 139 Å². The van der Waals surface area contributed by atoms with Crippen molar-refractivity contribution >= 4 is 0 Å². The van der Waals surface area contributed by atoms with Gasteiger partial charge in [-0.1, -0.05) is 30.3 Å². The average molecular weight is 327 g/mol. The number of piperidine rings is 1. The van der Waals surface area contributed by atoms with Gasteiger partial charge in [-0.2, -0.15) is 0 Å². The second-order valence-electron chi connectivity index (χ2n) is 6.50. The van der Waals surface area contributed by atoms with Crippen molar-refractivity contribution < 1.29 is 4.74 Å². The first-order chi connectivity index (χ1) is 11.7. The molecule has 1 aromatic carbocycles. The Kier molecular flexibility index (Phi) is 3.86. The summed E-state index contributed by atoms with van der Waals surface area (Å²) in [7, 11) is 0. The molecule has 2 aliphatic heterocycles. The molecule has 0 amide bonds. The van der Waals surface area contributed by atoms with Crippen molar-refractivity contribution in [2.75, 3.05) is 13.1 Å². The van der Waals surface area contributed by atoms with E-state index in [2.05, 4.69) is 10.3 Å². The fraction of sp³-hybridized carbons (Fsp3) is 0.444. The molecule has 0 bridgehead atoms. The molecule has 0 atom stereocenters. The molecule has 2 aliphatic rings. The van der Waals surface area contributed by atoms with Crippen LogP contribution in [0.2, 0.25) is 0 Å². The van der Waals surface area contributed by atoms with E-state index in [0.29, 0.717) is 18.7 Å². The average Bonchev–Trinajstić information content (AvgIpc) is 2.95. The summed E-state index contributed by atoms with van der Waals surface area (Å²) in [5.74, 6) is 0. The highest BCUT2D eigenvalue weighted by Gasteiger charge is 2.44. The van der Waals surface area contributed by atoms with E-state index in [-0.39, 0.29) is 11.2 Å². The number of rotatable bonds is 3. The van der Waals surface area contributed by atoms with Gasteiger partial charge in [-0.05, 0) is 37.9 Å². The first-order valence-electron chi connectivity index (χ1n) is 8.45. The molecular weight excluding hydrogens is 306 g/mol. The molecule has 0 radical (unpaired) electrons. The van der Waals surface area contributed by atoms with Gasteiger partial charge in [0.15, 0.2) is 0 Å². The second-order valence-corrected chi connectivity index (χ2v) is 6.50. The predicted molar refractivity (Wildman–Crippen MR) is 90.0 cm³/mol. The summed E-state index contributed by atoms with van der Waals surface area (Å²) in [4.78, 5) is 27.3. The second kappa shape index (κ2) is 6.03. The quantitative estimate of drug-likeness (QED) is 0.878. The Morgan fingerprint density at radius 3 is 2.62 bits per heavy atom. The Hall–Kier alpha value is -2.18. The number of benzene rings is 1. The van der Waals surface area contributed by atoms with Gasteiger partial charge in [0.1, 0.15) is 5.60 Å². The molecule has 1 saturated heterocycles. The summed E-state index contributed by atoms with van der Waals surface area (Å²) in [5.41, 5.74) is 1.42. The molecular formula is C18H21N3O3. The molecule has 6 heteroatoms. The van der Waals surface area contributed by atoms with Gasteiger partial charge >= 0.3 is 5.69 Å². The summed E-state index contributed by atoms with van der Waals surface area (Å²) >= 11 is 0. The van der Waals surface area contributed by atoms with Crippen LogP contribution in [-0.4, -0.2) is 22.6 Å². The summed E-state index contributed by atoms with van der Waals surface area (Å²) in [6.45, 7) is 2.52. The van der Waals surface area contributed by atoms with Gasteiger partial charge in [0.2, 0.25) is 0 Å². The first-order valence-corrected chi connectivity index (χ1v) is 8.45. The number of H-pyrrole nitrogens is 1. The van der Waals surface area contributed by atoms with E-state index in [0.717, 1.165) is 38.0 Å². The van der Waals surface area contributed by atoms with Crippen molar-refractivity contribution in [3.63, 3.8) is 0 Å². The lowest BCUT2D eigenvalue weighted by Gasteiger charge is -2.33. The minimum Gasteiger partial charge on any atom is -0.364 e. The highest BCUT2D eigenvalue weighted by atomic mass is 16.5. The zero-order valence-electron chi connectivity index (χ0n) is 13.5. The van der Waals surface area contributed by atoms with Crippen LogP contribution < -0.4 is 16.6 Å². The van der Waals surface area contributed by atoms with Crippen molar-refractivity contribution in [3.8, 4) is 0 Å².